The third kappa shape index (κ3) is 4.10. The quantitative estimate of drug-likeness (QED) is 0.397. The van der Waals surface area contributed by atoms with E-state index in [0.717, 1.165) is 11.3 Å². The molecule has 0 aliphatic carbocycles. The molecular formula is C11H15N3O2. The average molecular weight is 221 g/mol. The molecule has 0 atom stereocenters. The summed E-state index contributed by atoms with van der Waals surface area (Å²) in [5, 5.41) is 2.70. The highest BCUT2D eigenvalue weighted by Gasteiger charge is 2.05. The minimum atomic E-state index is -0.348. The second-order valence-corrected chi connectivity index (χ2v) is 3.49. The fourth-order valence-electron chi connectivity index (χ4n) is 1.25. The molecule has 0 unspecified atom stereocenters. The van der Waals surface area contributed by atoms with Gasteiger partial charge in [0.1, 0.15) is 0 Å². The number of anilines is 1. The van der Waals surface area contributed by atoms with Crippen LogP contribution in [0.1, 0.15) is 18.4 Å². The molecule has 0 spiro atoms. The summed E-state index contributed by atoms with van der Waals surface area (Å²) in [5.74, 6) is 4.35. The molecule has 86 valence electrons. The molecule has 0 aliphatic rings. The molecular weight excluding hydrogens is 206 g/mol. The van der Waals surface area contributed by atoms with Crippen LogP contribution in [-0.4, -0.2) is 11.8 Å². The summed E-state index contributed by atoms with van der Waals surface area (Å²) in [7, 11) is 0. The van der Waals surface area contributed by atoms with Crippen LogP contribution in [0.3, 0.4) is 0 Å². The Morgan fingerprint density at radius 1 is 1.25 bits per heavy atom. The Morgan fingerprint density at radius 2 is 1.94 bits per heavy atom. The SMILES string of the molecule is Cc1cccc(NC(=O)CCC(=O)NN)c1. The number of benzene rings is 1. The monoisotopic (exact) mass is 221 g/mol. The van der Waals surface area contributed by atoms with E-state index in [4.69, 9.17) is 5.84 Å². The lowest BCUT2D eigenvalue weighted by molar-refractivity contribution is -0.124. The van der Waals surface area contributed by atoms with Crippen LogP contribution in [0.25, 0.3) is 0 Å². The van der Waals surface area contributed by atoms with Crippen molar-refractivity contribution in [2.45, 2.75) is 19.8 Å². The van der Waals surface area contributed by atoms with Crippen LogP contribution in [0, 0.1) is 6.92 Å². The number of carbonyl (C=O) groups is 2. The van der Waals surface area contributed by atoms with Crippen LogP contribution in [0.5, 0.6) is 0 Å². The number of aryl methyl sites for hydroxylation is 1. The van der Waals surface area contributed by atoms with Crippen molar-refractivity contribution in [2.24, 2.45) is 5.84 Å². The van der Waals surface area contributed by atoms with Gasteiger partial charge >= 0.3 is 0 Å². The first-order valence-electron chi connectivity index (χ1n) is 4.98. The lowest BCUT2D eigenvalue weighted by Gasteiger charge is -2.05. The summed E-state index contributed by atoms with van der Waals surface area (Å²) in [6.07, 6.45) is 0.213. The largest absolute Gasteiger partial charge is 0.326 e. The molecule has 2 amide bonds. The number of amides is 2. The van der Waals surface area contributed by atoms with Gasteiger partial charge in [-0.3, -0.25) is 15.0 Å². The minimum absolute atomic E-state index is 0.0914. The van der Waals surface area contributed by atoms with Crippen LogP contribution >= 0.6 is 0 Å². The molecule has 0 fully saturated rings. The van der Waals surface area contributed by atoms with E-state index in [-0.39, 0.29) is 24.7 Å². The van der Waals surface area contributed by atoms with Crippen LogP contribution in [0.15, 0.2) is 24.3 Å². The summed E-state index contributed by atoms with van der Waals surface area (Å²) in [6, 6.07) is 7.46. The van der Waals surface area contributed by atoms with Gasteiger partial charge < -0.3 is 5.32 Å². The van der Waals surface area contributed by atoms with Gasteiger partial charge in [0, 0.05) is 18.5 Å². The molecule has 0 saturated carbocycles. The smallest absolute Gasteiger partial charge is 0.234 e. The third-order valence-electron chi connectivity index (χ3n) is 2.04. The number of hydrogen-bond donors (Lipinski definition) is 3. The van der Waals surface area contributed by atoms with Gasteiger partial charge in [0.15, 0.2) is 0 Å². The van der Waals surface area contributed by atoms with Gasteiger partial charge in [-0.25, -0.2) is 5.84 Å². The number of rotatable bonds is 4. The Bertz CT molecular complexity index is 391. The zero-order valence-electron chi connectivity index (χ0n) is 9.12. The van der Waals surface area contributed by atoms with Crippen molar-refractivity contribution in [3.8, 4) is 0 Å². The van der Waals surface area contributed by atoms with Gasteiger partial charge in [0.05, 0.1) is 0 Å². The maximum atomic E-state index is 11.4. The van der Waals surface area contributed by atoms with Crippen LogP contribution < -0.4 is 16.6 Å². The van der Waals surface area contributed by atoms with Gasteiger partial charge in [-0.15, -0.1) is 0 Å². The average Bonchev–Trinajstić information content (AvgIpc) is 2.26. The predicted octanol–water partition coefficient (Wildman–Crippen LogP) is 0.704. The first-order valence-corrected chi connectivity index (χ1v) is 4.98. The lowest BCUT2D eigenvalue weighted by Crippen LogP contribution is -2.30. The van der Waals surface area contributed by atoms with E-state index in [1.807, 2.05) is 30.5 Å². The van der Waals surface area contributed by atoms with Crippen molar-refractivity contribution in [3.05, 3.63) is 29.8 Å². The van der Waals surface area contributed by atoms with E-state index < -0.39 is 0 Å². The first-order chi connectivity index (χ1) is 7.61. The highest BCUT2D eigenvalue weighted by molar-refractivity contribution is 5.93. The summed E-state index contributed by atoms with van der Waals surface area (Å²) < 4.78 is 0. The van der Waals surface area contributed by atoms with Crippen molar-refractivity contribution in [1.29, 1.82) is 0 Å². The van der Waals surface area contributed by atoms with E-state index in [2.05, 4.69) is 5.32 Å². The Labute approximate surface area is 94.0 Å². The molecule has 4 N–H and O–H groups in total. The van der Waals surface area contributed by atoms with E-state index in [9.17, 15) is 9.59 Å². The number of hydrazine groups is 1. The molecule has 0 aromatic heterocycles. The Morgan fingerprint density at radius 3 is 2.56 bits per heavy atom. The number of hydrogen-bond acceptors (Lipinski definition) is 3. The van der Waals surface area contributed by atoms with Crippen molar-refractivity contribution in [2.75, 3.05) is 5.32 Å². The van der Waals surface area contributed by atoms with Crippen LogP contribution in [0.4, 0.5) is 5.69 Å². The molecule has 5 heteroatoms. The zero-order chi connectivity index (χ0) is 12.0. The normalized spacial score (nSPS) is 9.62. The van der Waals surface area contributed by atoms with Crippen molar-refractivity contribution in [1.82, 2.24) is 5.43 Å². The lowest BCUT2D eigenvalue weighted by atomic mass is 10.2. The van der Waals surface area contributed by atoms with E-state index in [1.165, 1.54) is 0 Å². The van der Waals surface area contributed by atoms with Gasteiger partial charge in [0.25, 0.3) is 0 Å². The highest BCUT2D eigenvalue weighted by atomic mass is 16.2. The van der Waals surface area contributed by atoms with Gasteiger partial charge in [-0.2, -0.15) is 0 Å². The van der Waals surface area contributed by atoms with Gasteiger partial charge in [0.2, 0.25) is 11.8 Å². The highest BCUT2D eigenvalue weighted by Crippen LogP contribution is 2.09. The molecule has 1 aromatic rings. The molecule has 0 radical (unpaired) electrons. The number of carbonyl (C=O) groups excluding carboxylic acids is 2. The fourth-order valence-corrected chi connectivity index (χ4v) is 1.25. The molecule has 0 aliphatic heterocycles. The standard InChI is InChI=1S/C11H15N3O2/c1-8-3-2-4-9(7-8)13-10(15)5-6-11(16)14-12/h2-4,7H,5-6,12H2,1H3,(H,13,15)(H,14,16). The van der Waals surface area contributed by atoms with E-state index >= 15 is 0 Å². The Hall–Kier alpha value is -1.88. The molecule has 1 aromatic carbocycles. The molecule has 16 heavy (non-hydrogen) atoms. The zero-order valence-corrected chi connectivity index (χ0v) is 9.12. The maximum absolute atomic E-state index is 11.4. The Kier molecular flexibility index (Phi) is 4.47. The topological polar surface area (TPSA) is 84.2 Å². The summed E-state index contributed by atoms with van der Waals surface area (Å²) >= 11 is 0. The van der Waals surface area contributed by atoms with Crippen molar-refractivity contribution >= 4 is 17.5 Å². The molecule has 0 bridgehead atoms. The second kappa shape index (κ2) is 5.87. The number of nitrogens with one attached hydrogen (secondary N) is 2. The fraction of sp³-hybridized carbons (Fsp3) is 0.273. The van der Waals surface area contributed by atoms with Crippen LogP contribution in [0.2, 0.25) is 0 Å². The maximum Gasteiger partial charge on any atom is 0.234 e. The van der Waals surface area contributed by atoms with Gasteiger partial charge in [-0.05, 0) is 24.6 Å². The van der Waals surface area contributed by atoms with Crippen LogP contribution in [-0.2, 0) is 9.59 Å². The summed E-state index contributed by atoms with van der Waals surface area (Å²) in [5.41, 5.74) is 3.78. The third-order valence-corrected chi connectivity index (χ3v) is 2.04. The molecule has 0 heterocycles. The molecule has 0 saturated heterocycles. The number of nitrogens with two attached hydrogens (primary N) is 1. The minimum Gasteiger partial charge on any atom is -0.326 e. The van der Waals surface area contributed by atoms with E-state index in [1.54, 1.807) is 6.07 Å². The van der Waals surface area contributed by atoms with Crippen molar-refractivity contribution < 1.29 is 9.59 Å². The predicted molar refractivity (Wildman–Crippen MR) is 61.4 cm³/mol. The molecule has 1 rings (SSSR count). The summed E-state index contributed by atoms with van der Waals surface area (Å²) in [4.78, 5) is 22.2. The summed E-state index contributed by atoms with van der Waals surface area (Å²) in [6.45, 7) is 1.94. The Balaban J connectivity index is 2.43. The second-order valence-electron chi connectivity index (χ2n) is 3.49. The molecule has 5 nitrogen and oxygen atoms in total. The van der Waals surface area contributed by atoms with E-state index in [0.29, 0.717) is 0 Å². The van der Waals surface area contributed by atoms with Crippen molar-refractivity contribution in [3.63, 3.8) is 0 Å². The first kappa shape index (κ1) is 12.2. The van der Waals surface area contributed by atoms with Gasteiger partial charge in [-0.1, -0.05) is 12.1 Å².